The van der Waals surface area contributed by atoms with E-state index in [0.717, 1.165) is 0 Å². The third-order valence-corrected chi connectivity index (χ3v) is 2.97. The van der Waals surface area contributed by atoms with Crippen molar-refractivity contribution in [2.24, 2.45) is 5.92 Å². The van der Waals surface area contributed by atoms with Gasteiger partial charge >= 0.3 is 31.2 Å². The lowest BCUT2D eigenvalue weighted by Gasteiger charge is -2.27. The maximum Gasteiger partial charge on any atom is 0.399 e. The molecule has 0 radical (unpaired) electrons. The van der Waals surface area contributed by atoms with Crippen LogP contribution in [0.15, 0.2) is 0 Å². The molecule has 6 N–H and O–H groups in total. The van der Waals surface area contributed by atoms with Crippen molar-refractivity contribution in [2.75, 3.05) is 0 Å². The van der Waals surface area contributed by atoms with E-state index in [2.05, 4.69) is 12.5 Å². The van der Waals surface area contributed by atoms with Gasteiger partial charge in [0, 0.05) is 0 Å². The Morgan fingerprint density at radius 2 is 0.727 bits per heavy atom. The lowest BCUT2D eigenvalue weighted by Crippen LogP contribution is -2.46. The Labute approximate surface area is 123 Å². The predicted octanol–water partition coefficient (Wildman–Crippen LogP) is -3.98. The lowest BCUT2D eigenvalue weighted by atomic mass is 10.1. The van der Waals surface area contributed by atoms with Crippen LogP contribution in [0.4, 0.5) is 0 Å². The third kappa shape index (κ3) is 9.50. The second-order valence-corrected chi connectivity index (χ2v) is 6.46. The summed E-state index contributed by atoms with van der Waals surface area (Å²) in [6.45, 7) is 0. The predicted molar refractivity (Wildman–Crippen MR) is 59.4 cm³/mol. The van der Waals surface area contributed by atoms with Gasteiger partial charge in [-0.15, -0.1) is 0 Å². The zero-order valence-electron chi connectivity index (χ0n) is 9.89. The normalized spacial score (nSPS) is 19.4. The molecular weight excluding hydrogens is 384 g/mol. The smallest absolute Gasteiger partial charge is 0.366 e. The molecule has 0 rings (SSSR count). The van der Waals surface area contributed by atoms with Crippen molar-refractivity contribution in [1.82, 2.24) is 0 Å². The summed E-state index contributed by atoms with van der Waals surface area (Å²) in [6, 6.07) is 0. The number of hydrogen-bond donors (Lipinski definition) is 6. The molecule has 0 aliphatic carbocycles. The quantitative estimate of drug-likeness (QED) is 0.161. The molecule has 0 fully saturated rings. The summed E-state index contributed by atoms with van der Waals surface area (Å²) in [5.74, 6) is -2.79. The monoisotopic (exact) mass is 394 g/mol. The van der Waals surface area contributed by atoms with Crippen LogP contribution in [-0.2, 0) is 43.7 Å². The molecule has 3 unspecified atom stereocenters. The van der Waals surface area contributed by atoms with Crippen molar-refractivity contribution >= 4 is 31.2 Å². The van der Waals surface area contributed by atoms with Crippen LogP contribution in [0.5, 0.6) is 0 Å². The van der Waals surface area contributed by atoms with Gasteiger partial charge < -0.3 is 15.3 Å². The summed E-state index contributed by atoms with van der Waals surface area (Å²) in [5.41, 5.74) is 0. The third-order valence-electron chi connectivity index (χ3n) is 1.65. The molecule has 0 aliphatic heterocycles. The van der Waals surface area contributed by atoms with Gasteiger partial charge in [-0.25, -0.2) is 12.5 Å². The molecule has 0 heterocycles. The number of aliphatic hydroxyl groups excluding tert-OH is 3. The molecule has 0 amide bonds. The molecule has 18 heteroatoms. The molecular formula is C4H10O15S3. The molecule has 0 bridgehead atoms. The van der Waals surface area contributed by atoms with Crippen molar-refractivity contribution in [1.29, 1.82) is 0 Å². The summed E-state index contributed by atoms with van der Waals surface area (Å²) >= 11 is 0. The van der Waals surface area contributed by atoms with Gasteiger partial charge in [-0.2, -0.15) is 25.3 Å². The summed E-state index contributed by atoms with van der Waals surface area (Å²) in [7, 11) is -16.3. The van der Waals surface area contributed by atoms with Crippen molar-refractivity contribution in [3.63, 3.8) is 0 Å². The van der Waals surface area contributed by atoms with Gasteiger partial charge in [-0.05, 0) is 0 Å². The second kappa shape index (κ2) is 7.37. The van der Waals surface area contributed by atoms with Crippen LogP contribution in [-0.4, -0.2) is 73.1 Å². The van der Waals surface area contributed by atoms with Gasteiger partial charge in [0.1, 0.15) is 5.92 Å². The van der Waals surface area contributed by atoms with Crippen molar-refractivity contribution in [3.8, 4) is 0 Å². The minimum atomic E-state index is -5.43. The van der Waals surface area contributed by atoms with Crippen LogP contribution < -0.4 is 0 Å². The van der Waals surface area contributed by atoms with Gasteiger partial charge in [0.05, 0.1) is 0 Å². The van der Waals surface area contributed by atoms with E-state index in [1.54, 1.807) is 0 Å². The minimum absolute atomic E-state index is 2.79. The summed E-state index contributed by atoms with van der Waals surface area (Å²) < 4.78 is 97.2. The van der Waals surface area contributed by atoms with Crippen LogP contribution in [0.3, 0.4) is 0 Å². The maximum absolute atomic E-state index is 10.4. The first-order valence-corrected chi connectivity index (χ1v) is 8.62. The Kier molecular flexibility index (Phi) is 7.20. The lowest BCUT2D eigenvalue weighted by molar-refractivity contribution is -0.225. The van der Waals surface area contributed by atoms with Gasteiger partial charge in [-0.1, -0.05) is 0 Å². The summed E-state index contributed by atoms with van der Waals surface area (Å²) in [6.07, 6.45) is -9.12. The van der Waals surface area contributed by atoms with Crippen molar-refractivity contribution in [3.05, 3.63) is 0 Å². The van der Waals surface area contributed by atoms with Crippen LogP contribution in [0.2, 0.25) is 0 Å². The van der Waals surface area contributed by atoms with E-state index in [1.165, 1.54) is 0 Å². The van der Waals surface area contributed by atoms with Crippen molar-refractivity contribution < 1.29 is 66.8 Å². The first kappa shape index (κ1) is 21.5. The largest absolute Gasteiger partial charge is 0.399 e. The highest BCUT2D eigenvalue weighted by Gasteiger charge is 2.42. The fourth-order valence-corrected chi connectivity index (χ4v) is 2.12. The number of rotatable bonds is 9. The number of hydrogen-bond acceptors (Lipinski definition) is 12. The summed E-state index contributed by atoms with van der Waals surface area (Å²) in [4.78, 5) is 0. The Morgan fingerprint density at radius 1 is 0.545 bits per heavy atom. The Balaban J connectivity index is 5.47. The zero-order valence-corrected chi connectivity index (χ0v) is 12.3. The van der Waals surface area contributed by atoms with Crippen LogP contribution in [0.1, 0.15) is 0 Å². The Bertz CT molecular complexity index is 562. The van der Waals surface area contributed by atoms with E-state index >= 15 is 0 Å². The highest BCUT2D eigenvalue weighted by molar-refractivity contribution is 7.81. The highest BCUT2D eigenvalue weighted by atomic mass is 32.3. The topological polar surface area (TPSA) is 251 Å². The second-order valence-electron chi connectivity index (χ2n) is 3.32. The molecule has 0 aromatic rings. The molecule has 22 heavy (non-hydrogen) atoms. The molecule has 0 spiro atoms. The Morgan fingerprint density at radius 3 is 0.864 bits per heavy atom. The van der Waals surface area contributed by atoms with Crippen LogP contribution in [0, 0.1) is 5.92 Å². The van der Waals surface area contributed by atoms with Gasteiger partial charge in [0.15, 0.2) is 18.9 Å². The SMILES string of the molecule is O=S(=O)(O)OC(O)C(C(O)OS(=O)(=O)O)C(O)OS(=O)(=O)O. The molecule has 0 saturated heterocycles. The minimum Gasteiger partial charge on any atom is -0.366 e. The molecule has 134 valence electrons. The molecule has 0 aliphatic rings. The molecule has 15 nitrogen and oxygen atoms in total. The fraction of sp³-hybridized carbons (Fsp3) is 1.00. The molecule has 0 saturated carbocycles. The van der Waals surface area contributed by atoms with Gasteiger partial charge in [0.25, 0.3) is 0 Å². The van der Waals surface area contributed by atoms with E-state index < -0.39 is 56.0 Å². The number of aliphatic hydroxyl groups is 3. The zero-order chi connectivity index (χ0) is 17.9. The maximum atomic E-state index is 10.4. The first-order valence-electron chi connectivity index (χ1n) is 4.53. The van der Waals surface area contributed by atoms with Gasteiger partial charge in [-0.3, -0.25) is 13.7 Å². The van der Waals surface area contributed by atoms with E-state index in [9.17, 15) is 40.6 Å². The van der Waals surface area contributed by atoms with E-state index in [1.807, 2.05) is 0 Å². The molecule has 0 aromatic carbocycles. The fourth-order valence-electron chi connectivity index (χ4n) is 0.989. The van der Waals surface area contributed by atoms with Gasteiger partial charge in [0.2, 0.25) is 0 Å². The average molecular weight is 394 g/mol. The highest BCUT2D eigenvalue weighted by Crippen LogP contribution is 2.21. The standard InChI is InChI=1S/C4H10O15S3/c5-2(17-20(8,9)10)1(3(6)18-21(11,12)13)4(7)19-22(14,15)16/h1-7H,(H,8,9,10)(H,11,12,13)(H,14,15,16). The molecule has 3 atom stereocenters. The molecule has 0 aromatic heterocycles. The van der Waals surface area contributed by atoms with E-state index in [-0.39, 0.29) is 0 Å². The van der Waals surface area contributed by atoms with E-state index in [4.69, 9.17) is 13.7 Å². The van der Waals surface area contributed by atoms with E-state index in [0.29, 0.717) is 0 Å². The van der Waals surface area contributed by atoms with Crippen LogP contribution in [0.25, 0.3) is 0 Å². The van der Waals surface area contributed by atoms with Crippen LogP contribution >= 0.6 is 0 Å². The summed E-state index contributed by atoms with van der Waals surface area (Å²) in [5, 5.41) is 27.6. The average Bonchev–Trinajstić information content (AvgIpc) is 2.06. The first-order chi connectivity index (χ1) is 9.52. The van der Waals surface area contributed by atoms with Crippen molar-refractivity contribution in [2.45, 2.75) is 18.9 Å². The Hall–Kier alpha value is -0.510.